The molecule has 2 heterocycles. The SMILES string of the molecule is COC(=O)N1C[C@H]2C[C@@H](C(C)=O)[C@@H]1C=C2C. The summed E-state index contributed by atoms with van der Waals surface area (Å²) in [6, 6.07) is -0.102. The minimum atomic E-state index is -0.329. The van der Waals surface area contributed by atoms with Crippen LogP contribution < -0.4 is 0 Å². The molecule has 4 heteroatoms. The molecule has 0 radical (unpaired) electrons. The number of nitrogens with zero attached hydrogens (tertiary/aromatic N) is 1. The van der Waals surface area contributed by atoms with Crippen molar-refractivity contribution in [3.8, 4) is 0 Å². The summed E-state index contributed by atoms with van der Waals surface area (Å²) in [6.45, 7) is 4.36. The Kier molecular flexibility index (Phi) is 2.74. The molecule has 1 fully saturated rings. The molecule has 88 valence electrons. The van der Waals surface area contributed by atoms with Crippen LogP contribution in [0.1, 0.15) is 20.3 Å². The number of methoxy groups -OCH3 is 1. The van der Waals surface area contributed by atoms with Gasteiger partial charge in [-0.2, -0.15) is 0 Å². The van der Waals surface area contributed by atoms with Crippen LogP contribution in [0.3, 0.4) is 0 Å². The third-order valence-electron chi connectivity index (χ3n) is 3.74. The third kappa shape index (κ3) is 1.62. The Morgan fingerprint density at radius 2 is 2.19 bits per heavy atom. The second-order valence-electron chi connectivity index (χ2n) is 4.67. The van der Waals surface area contributed by atoms with Crippen molar-refractivity contribution in [3.63, 3.8) is 0 Å². The van der Waals surface area contributed by atoms with Gasteiger partial charge in [-0.05, 0) is 26.2 Å². The van der Waals surface area contributed by atoms with Gasteiger partial charge in [0.15, 0.2) is 0 Å². The van der Waals surface area contributed by atoms with Gasteiger partial charge in [-0.3, -0.25) is 4.79 Å². The maximum atomic E-state index is 11.6. The fourth-order valence-electron chi connectivity index (χ4n) is 2.76. The van der Waals surface area contributed by atoms with E-state index in [0.29, 0.717) is 12.5 Å². The molecule has 1 saturated heterocycles. The number of piperidine rings is 1. The predicted molar refractivity (Wildman–Crippen MR) is 58.9 cm³/mol. The average Bonchev–Trinajstić information content (AvgIpc) is 2.27. The van der Waals surface area contributed by atoms with Gasteiger partial charge in [0.2, 0.25) is 0 Å². The highest BCUT2D eigenvalue weighted by Gasteiger charge is 2.44. The number of carbonyl (C=O) groups excluding carboxylic acids is 2. The van der Waals surface area contributed by atoms with Gasteiger partial charge >= 0.3 is 6.09 Å². The van der Waals surface area contributed by atoms with Crippen LogP contribution in [0.4, 0.5) is 4.79 Å². The molecule has 0 aromatic rings. The molecule has 2 bridgehead atoms. The fourth-order valence-corrected chi connectivity index (χ4v) is 2.76. The van der Waals surface area contributed by atoms with Crippen molar-refractivity contribution in [2.24, 2.45) is 11.8 Å². The smallest absolute Gasteiger partial charge is 0.410 e. The van der Waals surface area contributed by atoms with Crippen LogP contribution in [0.25, 0.3) is 0 Å². The van der Waals surface area contributed by atoms with E-state index in [2.05, 4.69) is 6.92 Å². The molecule has 0 saturated carbocycles. The van der Waals surface area contributed by atoms with Crippen LogP contribution in [0.15, 0.2) is 11.6 Å². The highest BCUT2D eigenvalue weighted by atomic mass is 16.5. The van der Waals surface area contributed by atoms with Crippen molar-refractivity contribution in [2.45, 2.75) is 26.3 Å². The first-order valence-electron chi connectivity index (χ1n) is 5.58. The Morgan fingerprint density at radius 3 is 2.69 bits per heavy atom. The van der Waals surface area contributed by atoms with Crippen molar-refractivity contribution >= 4 is 11.9 Å². The lowest BCUT2D eigenvalue weighted by Crippen LogP contribution is -2.55. The zero-order valence-corrected chi connectivity index (χ0v) is 9.90. The number of hydrogen-bond acceptors (Lipinski definition) is 3. The number of hydrogen-bond donors (Lipinski definition) is 0. The summed E-state index contributed by atoms with van der Waals surface area (Å²) < 4.78 is 4.75. The summed E-state index contributed by atoms with van der Waals surface area (Å²) in [6.07, 6.45) is 2.58. The molecule has 4 nitrogen and oxygen atoms in total. The van der Waals surface area contributed by atoms with Gasteiger partial charge in [0.05, 0.1) is 13.2 Å². The minimum absolute atomic E-state index is 0.0541. The largest absolute Gasteiger partial charge is 0.453 e. The molecule has 0 spiro atoms. The van der Waals surface area contributed by atoms with Gasteiger partial charge < -0.3 is 9.64 Å². The molecule has 0 aromatic carbocycles. The summed E-state index contributed by atoms with van der Waals surface area (Å²) >= 11 is 0. The lowest BCUT2D eigenvalue weighted by Gasteiger charge is -2.46. The molecule has 3 rings (SSSR count). The van der Waals surface area contributed by atoms with Gasteiger partial charge in [0.25, 0.3) is 0 Å². The number of amides is 1. The van der Waals surface area contributed by atoms with Crippen LogP contribution in [-0.4, -0.2) is 36.5 Å². The number of ketones is 1. The summed E-state index contributed by atoms with van der Waals surface area (Å²) in [5, 5.41) is 0. The predicted octanol–water partition coefficient (Wildman–Crippen LogP) is 1.61. The molecule has 3 aliphatic rings. The second-order valence-corrected chi connectivity index (χ2v) is 4.67. The Bertz CT molecular complexity index is 361. The van der Waals surface area contributed by atoms with Crippen molar-refractivity contribution in [1.82, 2.24) is 4.90 Å². The van der Waals surface area contributed by atoms with Crippen LogP contribution in [0.5, 0.6) is 0 Å². The Morgan fingerprint density at radius 1 is 1.50 bits per heavy atom. The highest BCUT2D eigenvalue weighted by Crippen LogP contribution is 2.39. The molecule has 3 atom stereocenters. The fraction of sp³-hybridized carbons (Fsp3) is 0.667. The van der Waals surface area contributed by atoms with E-state index in [-0.39, 0.29) is 23.8 Å². The first-order valence-corrected chi connectivity index (χ1v) is 5.58. The lowest BCUT2D eigenvalue weighted by atomic mass is 9.72. The minimum Gasteiger partial charge on any atom is -0.453 e. The van der Waals surface area contributed by atoms with E-state index in [1.165, 1.54) is 12.7 Å². The van der Waals surface area contributed by atoms with Crippen molar-refractivity contribution in [3.05, 3.63) is 11.6 Å². The van der Waals surface area contributed by atoms with Crippen LogP contribution in [0.2, 0.25) is 0 Å². The number of fused-ring (bicyclic) bond motifs is 2. The summed E-state index contributed by atoms with van der Waals surface area (Å²) in [5.41, 5.74) is 1.29. The monoisotopic (exact) mass is 223 g/mol. The van der Waals surface area contributed by atoms with Crippen LogP contribution in [-0.2, 0) is 9.53 Å². The number of Topliss-reactive ketones (excluding diaryl/α,β-unsaturated/α-hetero) is 1. The van der Waals surface area contributed by atoms with Crippen molar-refractivity contribution in [1.29, 1.82) is 0 Å². The molecular weight excluding hydrogens is 206 g/mol. The van der Waals surface area contributed by atoms with Gasteiger partial charge in [-0.15, -0.1) is 0 Å². The van der Waals surface area contributed by atoms with Gasteiger partial charge in [-0.1, -0.05) is 11.6 Å². The maximum absolute atomic E-state index is 11.6. The Balaban J connectivity index is 2.28. The van der Waals surface area contributed by atoms with E-state index in [9.17, 15) is 9.59 Å². The molecule has 0 N–H and O–H groups in total. The highest BCUT2D eigenvalue weighted by molar-refractivity contribution is 5.81. The number of ether oxygens (including phenoxy) is 1. The molecule has 1 amide bonds. The second kappa shape index (κ2) is 3.92. The van der Waals surface area contributed by atoms with E-state index in [4.69, 9.17) is 4.74 Å². The Hall–Kier alpha value is -1.32. The van der Waals surface area contributed by atoms with E-state index in [1.807, 2.05) is 6.08 Å². The van der Waals surface area contributed by atoms with E-state index in [1.54, 1.807) is 11.8 Å². The normalized spacial score (nSPS) is 32.3. The summed E-state index contributed by atoms with van der Waals surface area (Å²) in [5.74, 6) is 0.423. The molecule has 0 aromatic heterocycles. The molecule has 0 unspecified atom stereocenters. The van der Waals surface area contributed by atoms with Gasteiger partial charge in [0.1, 0.15) is 5.78 Å². The standard InChI is InChI=1S/C12H17NO3/c1-7-4-11-10(8(2)14)5-9(7)6-13(11)12(15)16-3/h4,9-11H,5-6H2,1-3H3/t9-,10+,11+/m1/s1. The van der Waals surface area contributed by atoms with Crippen molar-refractivity contribution < 1.29 is 14.3 Å². The topological polar surface area (TPSA) is 46.6 Å². The molecule has 2 aliphatic heterocycles. The average molecular weight is 223 g/mol. The summed E-state index contributed by atoms with van der Waals surface area (Å²) in [7, 11) is 1.38. The Labute approximate surface area is 95.2 Å². The van der Waals surface area contributed by atoms with E-state index < -0.39 is 0 Å². The van der Waals surface area contributed by atoms with Crippen molar-refractivity contribution in [2.75, 3.05) is 13.7 Å². The lowest BCUT2D eigenvalue weighted by molar-refractivity contribution is -0.124. The third-order valence-corrected chi connectivity index (χ3v) is 3.74. The first kappa shape index (κ1) is 11.2. The zero-order valence-electron chi connectivity index (χ0n) is 9.90. The quantitative estimate of drug-likeness (QED) is 0.634. The zero-order chi connectivity index (χ0) is 11.9. The van der Waals surface area contributed by atoms with E-state index in [0.717, 1.165) is 6.42 Å². The van der Waals surface area contributed by atoms with E-state index >= 15 is 0 Å². The number of carbonyl (C=O) groups is 2. The molecule has 16 heavy (non-hydrogen) atoms. The molecule has 1 aliphatic carbocycles. The first-order chi connectivity index (χ1) is 7.54. The summed E-state index contributed by atoms with van der Waals surface area (Å²) in [4.78, 5) is 24.8. The number of rotatable bonds is 1. The van der Waals surface area contributed by atoms with Crippen LogP contribution in [0, 0.1) is 11.8 Å². The molecular formula is C12H17NO3. The van der Waals surface area contributed by atoms with Gasteiger partial charge in [0, 0.05) is 12.5 Å². The van der Waals surface area contributed by atoms with Gasteiger partial charge in [-0.25, -0.2) is 4.79 Å². The maximum Gasteiger partial charge on any atom is 0.410 e. The van der Waals surface area contributed by atoms with Crippen LogP contribution >= 0.6 is 0 Å².